The molecule has 0 amide bonds. The molecule has 0 aliphatic rings. The standard InChI is InChI=1S/C18H15N5O4S/c1-11-20-18(22-21-11)28-16-8-7-12(9-15(16)23(25)26)10-19-14-6-4-3-5-13(14)17(24)27-2/h3-10H,1-2H3,(H,20,21,22). The van der Waals surface area contributed by atoms with Gasteiger partial charge in [-0.05, 0) is 42.4 Å². The summed E-state index contributed by atoms with van der Waals surface area (Å²) in [5.74, 6) is 0.116. The molecule has 0 aliphatic carbocycles. The molecule has 10 heteroatoms. The number of carbonyl (C=O) groups is 1. The summed E-state index contributed by atoms with van der Waals surface area (Å²) in [4.78, 5) is 31.6. The summed E-state index contributed by atoms with van der Waals surface area (Å²) in [7, 11) is 1.29. The Balaban J connectivity index is 1.90. The molecule has 0 aliphatic heterocycles. The van der Waals surface area contributed by atoms with Crippen molar-refractivity contribution >= 4 is 35.3 Å². The van der Waals surface area contributed by atoms with E-state index in [2.05, 4.69) is 20.2 Å². The molecule has 2 aromatic carbocycles. The minimum atomic E-state index is -0.507. The van der Waals surface area contributed by atoms with Crippen LogP contribution >= 0.6 is 11.8 Å². The summed E-state index contributed by atoms with van der Waals surface area (Å²) < 4.78 is 4.73. The Hall–Kier alpha value is -3.53. The van der Waals surface area contributed by atoms with Gasteiger partial charge in [-0.15, -0.1) is 5.10 Å². The summed E-state index contributed by atoms with van der Waals surface area (Å²) in [6.45, 7) is 1.75. The van der Waals surface area contributed by atoms with Crippen LogP contribution in [0.4, 0.5) is 11.4 Å². The third-order valence-corrected chi connectivity index (χ3v) is 4.55. The topological polar surface area (TPSA) is 123 Å². The number of hydrogen-bond donors (Lipinski definition) is 1. The van der Waals surface area contributed by atoms with E-state index in [1.54, 1.807) is 43.3 Å². The summed E-state index contributed by atoms with van der Waals surface area (Å²) in [6.07, 6.45) is 1.46. The van der Waals surface area contributed by atoms with Crippen LogP contribution in [0.2, 0.25) is 0 Å². The smallest absolute Gasteiger partial charge is 0.340 e. The van der Waals surface area contributed by atoms with Crippen LogP contribution < -0.4 is 0 Å². The minimum Gasteiger partial charge on any atom is -0.465 e. The number of benzene rings is 2. The molecule has 1 heterocycles. The molecule has 1 N–H and O–H groups in total. The maximum atomic E-state index is 11.8. The molecule has 142 valence electrons. The van der Waals surface area contributed by atoms with Crippen molar-refractivity contribution in [2.45, 2.75) is 17.0 Å². The second-order valence-corrected chi connectivity index (χ2v) is 6.57. The van der Waals surface area contributed by atoms with E-state index in [1.165, 1.54) is 19.4 Å². The molecule has 0 unspecified atom stereocenters. The quantitative estimate of drug-likeness (QED) is 0.291. The molecule has 3 rings (SSSR count). The number of aryl methyl sites for hydroxylation is 1. The summed E-state index contributed by atoms with van der Waals surface area (Å²) in [5, 5.41) is 18.5. The number of ether oxygens (including phenoxy) is 1. The van der Waals surface area contributed by atoms with Crippen molar-refractivity contribution in [3.8, 4) is 0 Å². The van der Waals surface area contributed by atoms with Gasteiger partial charge in [-0.3, -0.25) is 20.2 Å². The monoisotopic (exact) mass is 397 g/mol. The van der Waals surface area contributed by atoms with Gasteiger partial charge in [0.1, 0.15) is 5.82 Å². The first-order valence-electron chi connectivity index (χ1n) is 8.04. The summed E-state index contributed by atoms with van der Waals surface area (Å²) in [6, 6.07) is 11.4. The summed E-state index contributed by atoms with van der Waals surface area (Å²) in [5.41, 5.74) is 1.15. The molecular weight excluding hydrogens is 382 g/mol. The number of aliphatic imine (C=N–C) groups is 1. The second kappa shape index (κ2) is 8.44. The average Bonchev–Trinajstić information content (AvgIpc) is 3.11. The third kappa shape index (κ3) is 4.41. The molecule has 0 saturated heterocycles. The van der Waals surface area contributed by atoms with Crippen LogP contribution in [0.5, 0.6) is 0 Å². The van der Waals surface area contributed by atoms with Crippen LogP contribution in [-0.2, 0) is 4.74 Å². The number of nitrogens with zero attached hydrogens (tertiary/aromatic N) is 4. The van der Waals surface area contributed by atoms with Crippen LogP contribution in [0.25, 0.3) is 0 Å². The van der Waals surface area contributed by atoms with E-state index >= 15 is 0 Å². The van der Waals surface area contributed by atoms with E-state index < -0.39 is 10.9 Å². The van der Waals surface area contributed by atoms with Crippen LogP contribution in [0.3, 0.4) is 0 Å². The predicted molar refractivity (Wildman–Crippen MR) is 103 cm³/mol. The number of aromatic amines is 1. The number of rotatable bonds is 6. The van der Waals surface area contributed by atoms with Gasteiger partial charge < -0.3 is 4.74 Å². The second-order valence-electron chi connectivity index (χ2n) is 5.56. The molecule has 0 spiro atoms. The zero-order valence-electron chi connectivity index (χ0n) is 14.9. The minimum absolute atomic E-state index is 0.0855. The van der Waals surface area contributed by atoms with Crippen molar-refractivity contribution in [2.24, 2.45) is 4.99 Å². The van der Waals surface area contributed by atoms with Gasteiger partial charge in [0.15, 0.2) is 0 Å². The number of nitro benzene ring substituents is 1. The van der Waals surface area contributed by atoms with E-state index in [-0.39, 0.29) is 5.69 Å². The van der Waals surface area contributed by atoms with Crippen LogP contribution in [0.15, 0.2) is 57.5 Å². The summed E-state index contributed by atoms with van der Waals surface area (Å²) >= 11 is 1.10. The van der Waals surface area contributed by atoms with Gasteiger partial charge in [0.25, 0.3) is 5.69 Å². The highest BCUT2D eigenvalue weighted by atomic mass is 32.2. The number of hydrogen-bond acceptors (Lipinski definition) is 8. The lowest BCUT2D eigenvalue weighted by Crippen LogP contribution is -2.01. The van der Waals surface area contributed by atoms with Crippen molar-refractivity contribution < 1.29 is 14.5 Å². The number of nitrogens with one attached hydrogen (secondary N) is 1. The molecule has 0 fully saturated rings. The maximum Gasteiger partial charge on any atom is 0.340 e. The fourth-order valence-corrected chi connectivity index (χ4v) is 3.17. The van der Waals surface area contributed by atoms with Gasteiger partial charge in [0, 0.05) is 12.3 Å². The zero-order valence-corrected chi connectivity index (χ0v) is 15.8. The molecule has 0 bridgehead atoms. The molecule has 9 nitrogen and oxygen atoms in total. The Bertz CT molecular complexity index is 1060. The van der Waals surface area contributed by atoms with Gasteiger partial charge in [-0.25, -0.2) is 9.78 Å². The van der Waals surface area contributed by atoms with Crippen molar-refractivity contribution in [3.05, 3.63) is 69.5 Å². The van der Waals surface area contributed by atoms with E-state index in [0.717, 1.165) is 11.8 Å². The fraction of sp³-hybridized carbons (Fsp3) is 0.111. The van der Waals surface area contributed by atoms with Crippen LogP contribution in [0, 0.1) is 17.0 Å². The van der Waals surface area contributed by atoms with Gasteiger partial charge in [-0.1, -0.05) is 18.2 Å². The van der Waals surface area contributed by atoms with Crippen molar-refractivity contribution in [3.63, 3.8) is 0 Å². The lowest BCUT2D eigenvalue weighted by molar-refractivity contribution is -0.387. The Kier molecular flexibility index (Phi) is 5.80. The first-order chi connectivity index (χ1) is 13.5. The lowest BCUT2D eigenvalue weighted by atomic mass is 10.2. The number of methoxy groups -OCH3 is 1. The van der Waals surface area contributed by atoms with E-state index in [4.69, 9.17) is 4.74 Å². The average molecular weight is 397 g/mol. The predicted octanol–water partition coefficient (Wildman–Crippen LogP) is 3.71. The zero-order chi connectivity index (χ0) is 20.1. The number of para-hydroxylation sites is 1. The number of H-pyrrole nitrogens is 1. The van der Waals surface area contributed by atoms with Gasteiger partial charge in [0.05, 0.1) is 28.2 Å². The number of esters is 1. The van der Waals surface area contributed by atoms with Gasteiger partial charge in [0.2, 0.25) is 5.16 Å². The first-order valence-corrected chi connectivity index (χ1v) is 8.86. The largest absolute Gasteiger partial charge is 0.465 e. The maximum absolute atomic E-state index is 11.8. The molecule has 0 atom stereocenters. The lowest BCUT2D eigenvalue weighted by Gasteiger charge is -2.03. The van der Waals surface area contributed by atoms with E-state index in [9.17, 15) is 14.9 Å². The Morgan fingerprint density at radius 1 is 1.32 bits per heavy atom. The van der Waals surface area contributed by atoms with Crippen LogP contribution in [0.1, 0.15) is 21.7 Å². The van der Waals surface area contributed by atoms with E-state index in [1.807, 2.05) is 0 Å². The first kappa shape index (κ1) is 19.2. The van der Waals surface area contributed by atoms with Gasteiger partial charge in [-0.2, -0.15) is 0 Å². The van der Waals surface area contributed by atoms with Crippen molar-refractivity contribution in [1.29, 1.82) is 0 Å². The van der Waals surface area contributed by atoms with Crippen LogP contribution in [-0.4, -0.2) is 39.4 Å². The van der Waals surface area contributed by atoms with E-state index in [0.29, 0.717) is 32.7 Å². The third-order valence-electron chi connectivity index (χ3n) is 3.62. The molecule has 0 saturated carbocycles. The highest BCUT2D eigenvalue weighted by Crippen LogP contribution is 2.33. The van der Waals surface area contributed by atoms with Crippen molar-refractivity contribution in [1.82, 2.24) is 15.2 Å². The number of aromatic nitrogens is 3. The molecule has 3 aromatic rings. The van der Waals surface area contributed by atoms with Crippen molar-refractivity contribution in [2.75, 3.05) is 7.11 Å². The Labute approximate surface area is 164 Å². The molecule has 1 aromatic heterocycles. The molecule has 28 heavy (non-hydrogen) atoms. The number of carbonyl (C=O) groups excluding carboxylic acids is 1. The SMILES string of the molecule is COC(=O)c1ccccc1N=Cc1ccc(Sc2n[nH]c(C)n2)c([N+](=O)[O-])c1. The van der Waals surface area contributed by atoms with Gasteiger partial charge >= 0.3 is 5.97 Å². The fourth-order valence-electron chi connectivity index (χ4n) is 2.32. The Morgan fingerprint density at radius 3 is 2.79 bits per heavy atom. The molecular formula is C18H15N5O4S. The number of nitro groups is 1. The highest BCUT2D eigenvalue weighted by molar-refractivity contribution is 7.99. The normalized spacial score (nSPS) is 10.9. The Morgan fingerprint density at radius 2 is 2.11 bits per heavy atom. The molecule has 0 radical (unpaired) electrons. The highest BCUT2D eigenvalue weighted by Gasteiger charge is 2.17.